The smallest absolute Gasteiger partial charge is 0.245 e. The molecule has 8 heteroatoms. The van der Waals surface area contributed by atoms with Gasteiger partial charge in [-0.2, -0.15) is 0 Å². The summed E-state index contributed by atoms with van der Waals surface area (Å²) < 4.78 is 13.6. The van der Waals surface area contributed by atoms with Crippen molar-refractivity contribution in [2.45, 2.75) is 38.4 Å². The maximum absolute atomic E-state index is 11.5. The van der Waals surface area contributed by atoms with E-state index in [1.54, 1.807) is 13.2 Å². The lowest BCUT2D eigenvalue weighted by atomic mass is 9.81. The number of ether oxygens (including phenoxy) is 2. The number of allylic oxidation sites excluding steroid dienone is 4. The monoisotopic (exact) mass is 473 g/mol. The maximum atomic E-state index is 11.5. The molecule has 1 aliphatic rings. The van der Waals surface area contributed by atoms with Crippen molar-refractivity contribution in [1.82, 2.24) is 19.7 Å². The van der Waals surface area contributed by atoms with Gasteiger partial charge in [-0.05, 0) is 31.4 Å². The Morgan fingerprint density at radius 1 is 1.31 bits per heavy atom. The number of nitrogens with zero attached hydrogens (tertiary/aromatic N) is 3. The normalized spacial score (nSPS) is 17.9. The number of carbonyl (C=O) groups excluding carboxylic acids is 1. The molecule has 0 spiro atoms. The van der Waals surface area contributed by atoms with Gasteiger partial charge >= 0.3 is 0 Å². The van der Waals surface area contributed by atoms with Crippen LogP contribution in [0, 0.1) is 0 Å². The summed E-state index contributed by atoms with van der Waals surface area (Å²) in [5.74, 6) is 1.89. The number of aromatic nitrogens is 3. The zero-order chi connectivity index (χ0) is 24.8. The van der Waals surface area contributed by atoms with Crippen molar-refractivity contribution in [1.29, 1.82) is 0 Å². The molecule has 0 atom stereocenters. The predicted molar refractivity (Wildman–Crippen MR) is 136 cm³/mol. The maximum Gasteiger partial charge on any atom is 0.245 e. The second-order valence-electron chi connectivity index (χ2n) is 8.46. The van der Waals surface area contributed by atoms with E-state index in [2.05, 4.69) is 16.9 Å². The van der Waals surface area contributed by atoms with Gasteiger partial charge in [-0.1, -0.05) is 49.1 Å². The number of nitrogens with two attached hydrogens (primary N) is 1. The molecular weight excluding hydrogens is 442 g/mol. The quantitative estimate of drug-likeness (QED) is 0.341. The summed E-state index contributed by atoms with van der Waals surface area (Å²) in [5, 5.41) is 2.57. The molecule has 1 fully saturated rings. The summed E-state index contributed by atoms with van der Waals surface area (Å²) in [4.78, 5) is 20.8. The molecule has 3 aromatic rings. The molecule has 3 N–H and O–H groups in total. The number of hydrogen-bond donors (Lipinski definition) is 2. The molecular formula is C27H31N5O3. The van der Waals surface area contributed by atoms with Crippen LogP contribution in [0.4, 0.5) is 5.82 Å². The van der Waals surface area contributed by atoms with Crippen LogP contribution in [-0.4, -0.2) is 40.0 Å². The number of rotatable bonds is 10. The average Bonchev–Trinajstić information content (AvgIpc) is 3.22. The fraction of sp³-hybridized carbons (Fsp3) is 0.296. The highest BCUT2D eigenvalue weighted by Crippen LogP contribution is 2.40. The molecule has 2 heterocycles. The van der Waals surface area contributed by atoms with Crippen molar-refractivity contribution in [3.8, 4) is 0 Å². The van der Waals surface area contributed by atoms with E-state index in [0.29, 0.717) is 18.2 Å². The van der Waals surface area contributed by atoms with Gasteiger partial charge in [0, 0.05) is 30.9 Å². The molecule has 182 valence electrons. The van der Waals surface area contributed by atoms with Gasteiger partial charge in [0.1, 0.15) is 41.8 Å². The predicted octanol–water partition coefficient (Wildman–Crippen LogP) is 4.01. The molecule has 0 saturated heterocycles. The lowest BCUT2D eigenvalue weighted by Gasteiger charge is -2.34. The summed E-state index contributed by atoms with van der Waals surface area (Å²) in [6.45, 7) is 6.52. The van der Waals surface area contributed by atoms with Gasteiger partial charge < -0.3 is 20.5 Å². The largest absolute Gasteiger partial charge is 0.490 e. The summed E-state index contributed by atoms with van der Waals surface area (Å²) in [6.07, 6.45) is 10.9. The van der Waals surface area contributed by atoms with Crippen LogP contribution in [0.25, 0.3) is 11.1 Å². The summed E-state index contributed by atoms with van der Waals surface area (Å²) in [7, 11) is 1.60. The molecule has 1 saturated carbocycles. The lowest BCUT2D eigenvalue weighted by molar-refractivity contribution is -0.129. The molecule has 0 bridgehead atoms. The van der Waals surface area contributed by atoms with Crippen LogP contribution in [-0.2, 0) is 20.9 Å². The van der Waals surface area contributed by atoms with Crippen LogP contribution in [0.2, 0.25) is 0 Å². The van der Waals surface area contributed by atoms with E-state index in [9.17, 15) is 4.79 Å². The van der Waals surface area contributed by atoms with E-state index in [1.807, 2.05) is 66.1 Å². The Balaban J connectivity index is 1.58. The molecule has 0 unspecified atom stereocenters. The number of hydrogen-bond acceptors (Lipinski definition) is 6. The minimum atomic E-state index is -0.128. The van der Waals surface area contributed by atoms with Crippen molar-refractivity contribution in [3.63, 3.8) is 0 Å². The highest BCUT2D eigenvalue weighted by atomic mass is 16.5. The Morgan fingerprint density at radius 2 is 2.09 bits per heavy atom. The van der Waals surface area contributed by atoms with E-state index >= 15 is 0 Å². The first-order valence-corrected chi connectivity index (χ1v) is 11.6. The molecule has 1 aliphatic carbocycles. The third-order valence-corrected chi connectivity index (χ3v) is 6.00. The molecule has 0 aliphatic heterocycles. The zero-order valence-electron chi connectivity index (χ0n) is 20.1. The molecule has 0 radical (unpaired) electrons. The first kappa shape index (κ1) is 24.2. The Hall–Kier alpha value is -3.91. The number of benzene rings is 1. The standard InChI is InChI=1S/C27H31N5O3/c1-4-8-20(13-18(2)34-16-19-9-6-5-7-10-19)24-25-26(28)30-11-12-32(25)27(31-24)21-14-22(15-21)35-17-23(33)29-3/h4-13,21-22H,2,14-17H2,1,3H3,(H2,28,30)(H,29,33)/b8-4-,20-13+. The van der Waals surface area contributed by atoms with E-state index in [-0.39, 0.29) is 24.5 Å². The van der Waals surface area contributed by atoms with E-state index in [1.165, 1.54) is 0 Å². The van der Waals surface area contributed by atoms with Crippen LogP contribution in [0.3, 0.4) is 0 Å². The highest BCUT2D eigenvalue weighted by molar-refractivity contribution is 5.87. The summed E-state index contributed by atoms with van der Waals surface area (Å²) >= 11 is 0. The molecule has 2 aromatic heterocycles. The van der Waals surface area contributed by atoms with Gasteiger partial charge in [0.05, 0.1) is 6.10 Å². The van der Waals surface area contributed by atoms with Gasteiger partial charge in [0.15, 0.2) is 0 Å². The third-order valence-electron chi connectivity index (χ3n) is 6.00. The number of anilines is 1. The number of likely N-dealkylation sites (N-methyl/N-ethyl adjacent to an activating group) is 1. The number of carbonyl (C=O) groups is 1. The van der Waals surface area contributed by atoms with Gasteiger partial charge in [-0.3, -0.25) is 9.20 Å². The Kier molecular flexibility index (Phi) is 7.62. The lowest BCUT2D eigenvalue weighted by Crippen LogP contribution is -2.34. The average molecular weight is 474 g/mol. The van der Waals surface area contributed by atoms with Crippen LogP contribution >= 0.6 is 0 Å². The number of nitrogen functional groups attached to an aromatic ring is 1. The van der Waals surface area contributed by atoms with Crippen molar-refractivity contribution in [3.05, 3.63) is 90.4 Å². The van der Waals surface area contributed by atoms with Crippen LogP contribution < -0.4 is 11.1 Å². The second kappa shape index (κ2) is 11.0. The van der Waals surface area contributed by atoms with Crippen molar-refractivity contribution < 1.29 is 14.3 Å². The van der Waals surface area contributed by atoms with Gasteiger partial charge in [-0.15, -0.1) is 0 Å². The van der Waals surface area contributed by atoms with Crippen LogP contribution in [0.1, 0.15) is 42.8 Å². The van der Waals surface area contributed by atoms with E-state index in [0.717, 1.165) is 41.0 Å². The fourth-order valence-electron chi connectivity index (χ4n) is 4.09. The Labute approximate surface area is 205 Å². The van der Waals surface area contributed by atoms with E-state index < -0.39 is 0 Å². The Morgan fingerprint density at radius 3 is 2.80 bits per heavy atom. The van der Waals surface area contributed by atoms with E-state index in [4.69, 9.17) is 20.2 Å². The first-order chi connectivity index (χ1) is 17.0. The number of nitrogens with one attached hydrogen (secondary N) is 1. The zero-order valence-corrected chi connectivity index (χ0v) is 20.1. The summed E-state index contributed by atoms with van der Waals surface area (Å²) in [6, 6.07) is 9.95. The minimum absolute atomic E-state index is 0.0315. The molecule has 8 nitrogen and oxygen atoms in total. The minimum Gasteiger partial charge on any atom is -0.490 e. The summed E-state index contributed by atoms with van der Waals surface area (Å²) in [5.41, 5.74) is 9.68. The number of imidazole rings is 1. The third kappa shape index (κ3) is 5.60. The number of fused-ring (bicyclic) bond motifs is 1. The second-order valence-corrected chi connectivity index (χ2v) is 8.46. The van der Waals surface area contributed by atoms with Gasteiger partial charge in [0.25, 0.3) is 0 Å². The van der Waals surface area contributed by atoms with Crippen LogP contribution in [0.15, 0.2) is 73.3 Å². The molecule has 1 amide bonds. The molecule has 35 heavy (non-hydrogen) atoms. The van der Waals surface area contributed by atoms with Gasteiger partial charge in [-0.25, -0.2) is 9.97 Å². The molecule has 1 aromatic carbocycles. The SMILES string of the molecule is C=C(/C=C(\C=C/C)c1nc(C2CC(OCC(=O)NC)C2)n2ccnc(N)c12)OCc1ccccc1. The van der Waals surface area contributed by atoms with Crippen molar-refractivity contribution in [2.24, 2.45) is 0 Å². The number of amides is 1. The topological polar surface area (TPSA) is 104 Å². The fourth-order valence-corrected chi connectivity index (χ4v) is 4.09. The Bertz CT molecular complexity index is 1260. The van der Waals surface area contributed by atoms with Crippen molar-refractivity contribution in [2.75, 3.05) is 19.4 Å². The van der Waals surface area contributed by atoms with Gasteiger partial charge in [0.2, 0.25) is 5.91 Å². The molecule has 4 rings (SSSR count). The first-order valence-electron chi connectivity index (χ1n) is 11.6. The van der Waals surface area contributed by atoms with Crippen molar-refractivity contribution >= 4 is 22.8 Å². The van der Waals surface area contributed by atoms with Crippen LogP contribution in [0.5, 0.6) is 0 Å². The highest BCUT2D eigenvalue weighted by Gasteiger charge is 2.35.